The van der Waals surface area contributed by atoms with Crippen molar-refractivity contribution in [3.63, 3.8) is 0 Å². The van der Waals surface area contributed by atoms with Crippen molar-refractivity contribution in [2.75, 3.05) is 5.32 Å². The van der Waals surface area contributed by atoms with Crippen LogP contribution in [0.1, 0.15) is 22.3 Å². The fourth-order valence-electron chi connectivity index (χ4n) is 1.99. The maximum atomic E-state index is 5.64. The molecule has 3 N–H and O–H groups in total. The van der Waals surface area contributed by atoms with E-state index in [4.69, 9.17) is 18.0 Å². The first-order chi connectivity index (χ1) is 8.99. The number of nitrogens with one attached hydrogen (secondary N) is 1. The molecule has 0 radical (unpaired) electrons. The Balaban J connectivity index is 2.34. The zero-order valence-corrected chi connectivity index (χ0v) is 12.3. The van der Waals surface area contributed by atoms with Gasteiger partial charge in [-0.05, 0) is 61.7 Å². The van der Waals surface area contributed by atoms with Gasteiger partial charge in [0.2, 0.25) is 0 Å². The summed E-state index contributed by atoms with van der Waals surface area (Å²) < 4.78 is 0. The third-order valence-corrected chi connectivity index (χ3v) is 3.62. The van der Waals surface area contributed by atoms with Crippen LogP contribution in [-0.2, 0) is 0 Å². The van der Waals surface area contributed by atoms with Crippen LogP contribution in [0, 0.1) is 20.8 Å². The van der Waals surface area contributed by atoms with Crippen molar-refractivity contribution in [1.82, 2.24) is 0 Å². The van der Waals surface area contributed by atoms with Crippen LogP contribution in [0.15, 0.2) is 36.4 Å². The molecule has 0 amide bonds. The van der Waals surface area contributed by atoms with Crippen molar-refractivity contribution in [3.05, 3.63) is 58.7 Å². The van der Waals surface area contributed by atoms with Crippen LogP contribution in [-0.4, -0.2) is 4.99 Å². The SMILES string of the molecule is Cc1cc(C(N)=S)ccc1Nc1cccc(C)c1C. The third-order valence-electron chi connectivity index (χ3n) is 3.38. The maximum absolute atomic E-state index is 5.64. The average Bonchev–Trinajstić information content (AvgIpc) is 2.37. The second kappa shape index (κ2) is 5.41. The van der Waals surface area contributed by atoms with Crippen LogP contribution in [0.25, 0.3) is 0 Å². The van der Waals surface area contributed by atoms with E-state index in [-0.39, 0.29) is 0 Å². The number of hydrogen-bond acceptors (Lipinski definition) is 2. The minimum absolute atomic E-state index is 0.432. The predicted molar refractivity (Wildman–Crippen MR) is 86.3 cm³/mol. The normalized spacial score (nSPS) is 10.3. The molecule has 0 saturated carbocycles. The van der Waals surface area contributed by atoms with Crippen LogP contribution in [0.2, 0.25) is 0 Å². The van der Waals surface area contributed by atoms with Crippen LogP contribution >= 0.6 is 12.2 Å². The van der Waals surface area contributed by atoms with Crippen LogP contribution in [0.5, 0.6) is 0 Å². The Hall–Kier alpha value is -1.87. The highest BCUT2D eigenvalue weighted by atomic mass is 32.1. The van der Waals surface area contributed by atoms with Crippen LogP contribution in [0.3, 0.4) is 0 Å². The van der Waals surface area contributed by atoms with E-state index in [1.54, 1.807) is 0 Å². The lowest BCUT2D eigenvalue weighted by Gasteiger charge is -2.14. The first-order valence-electron chi connectivity index (χ1n) is 6.22. The van der Waals surface area contributed by atoms with Crippen molar-refractivity contribution in [1.29, 1.82) is 0 Å². The molecule has 0 bridgehead atoms. The van der Waals surface area contributed by atoms with Gasteiger partial charge in [0.25, 0.3) is 0 Å². The van der Waals surface area contributed by atoms with Gasteiger partial charge in [0.05, 0.1) is 0 Å². The zero-order chi connectivity index (χ0) is 14.0. The van der Waals surface area contributed by atoms with Gasteiger partial charge in [-0.3, -0.25) is 0 Å². The summed E-state index contributed by atoms with van der Waals surface area (Å²) >= 11 is 4.99. The summed E-state index contributed by atoms with van der Waals surface area (Å²) in [4.78, 5) is 0.432. The number of aryl methyl sites for hydroxylation is 2. The zero-order valence-electron chi connectivity index (χ0n) is 11.4. The molecule has 2 nitrogen and oxygen atoms in total. The molecule has 3 heteroatoms. The number of thiocarbonyl (C=S) groups is 1. The van der Waals surface area contributed by atoms with Crippen molar-refractivity contribution in [3.8, 4) is 0 Å². The van der Waals surface area contributed by atoms with E-state index < -0.39 is 0 Å². The van der Waals surface area contributed by atoms with Crippen molar-refractivity contribution in [2.45, 2.75) is 20.8 Å². The molecule has 0 unspecified atom stereocenters. The highest BCUT2D eigenvalue weighted by Gasteiger charge is 2.05. The number of hydrogen-bond donors (Lipinski definition) is 2. The smallest absolute Gasteiger partial charge is 0.103 e. The Kier molecular flexibility index (Phi) is 3.86. The van der Waals surface area contributed by atoms with E-state index in [2.05, 4.69) is 44.3 Å². The molecule has 0 aliphatic heterocycles. The Morgan fingerprint density at radius 2 is 1.74 bits per heavy atom. The summed E-state index contributed by atoms with van der Waals surface area (Å²) in [6.07, 6.45) is 0. The highest BCUT2D eigenvalue weighted by molar-refractivity contribution is 7.80. The second-order valence-electron chi connectivity index (χ2n) is 4.77. The monoisotopic (exact) mass is 270 g/mol. The van der Waals surface area contributed by atoms with Gasteiger partial charge in [-0.15, -0.1) is 0 Å². The topological polar surface area (TPSA) is 38.0 Å². The number of rotatable bonds is 3. The van der Waals surface area contributed by atoms with Gasteiger partial charge in [0, 0.05) is 16.9 Å². The quantitative estimate of drug-likeness (QED) is 0.828. The Morgan fingerprint density at radius 3 is 2.37 bits per heavy atom. The summed E-state index contributed by atoms with van der Waals surface area (Å²) in [5.74, 6) is 0. The number of nitrogens with two attached hydrogens (primary N) is 1. The fraction of sp³-hybridized carbons (Fsp3) is 0.188. The van der Waals surface area contributed by atoms with Gasteiger partial charge in [-0.1, -0.05) is 24.4 Å². The maximum Gasteiger partial charge on any atom is 0.103 e. The molecular weight excluding hydrogens is 252 g/mol. The van der Waals surface area contributed by atoms with E-state index in [9.17, 15) is 0 Å². The summed E-state index contributed by atoms with van der Waals surface area (Å²) in [5, 5.41) is 3.46. The van der Waals surface area contributed by atoms with E-state index in [1.807, 2.05) is 18.2 Å². The van der Waals surface area contributed by atoms with E-state index in [0.717, 1.165) is 22.5 Å². The van der Waals surface area contributed by atoms with Crippen LogP contribution in [0.4, 0.5) is 11.4 Å². The minimum Gasteiger partial charge on any atom is -0.389 e. The molecule has 2 aromatic rings. The molecule has 0 aliphatic carbocycles. The van der Waals surface area contributed by atoms with Gasteiger partial charge < -0.3 is 11.1 Å². The average molecular weight is 270 g/mol. The summed E-state index contributed by atoms with van der Waals surface area (Å²) in [6, 6.07) is 12.2. The molecular formula is C16H18N2S. The molecule has 0 heterocycles. The lowest BCUT2D eigenvalue weighted by atomic mass is 10.1. The number of anilines is 2. The molecule has 98 valence electrons. The molecule has 0 fully saturated rings. The molecule has 0 aromatic heterocycles. The van der Waals surface area contributed by atoms with Crippen molar-refractivity contribution >= 4 is 28.6 Å². The van der Waals surface area contributed by atoms with Gasteiger partial charge in [0.15, 0.2) is 0 Å². The van der Waals surface area contributed by atoms with E-state index in [0.29, 0.717) is 4.99 Å². The summed E-state index contributed by atoms with van der Waals surface area (Å²) in [6.45, 7) is 6.29. The second-order valence-corrected chi connectivity index (χ2v) is 5.21. The molecule has 0 saturated heterocycles. The Labute approximate surface area is 119 Å². The minimum atomic E-state index is 0.432. The summed E-state index contributed by atoms with van der Waals surface area (Å²) in [7, 11) is 0. The Morgan fingerprint density at radius 1 is 1.00 bits per heavy atom. The molecule has 0 aliphatic rings. The summed E-state index contributed by atoms with van der Waals surface area (Å²) in [5.41, 5.74) is 12.4. The highest BCUT2D eigenvalue weighted by Crippen LogP contribution is 2.25. The molecule has 2 rings (SSSR count). The van der Waals surface area contributed by atoms with Gasteiger partial charge in [0.1, 0.15) is 4.99 Å². The molecule has 0 atom stereocenters. The third kappa shape index (κ3) is 2.93. The largest absolute Gasteiger partial charge is 0.389 e. The first-order valence-corrected chi connectivity index (χ1v) is 6.63. The van der Waals surface area contributed by atoms with Gasteiger partial charge in [-0.25, -0.2) is 0 Å². The Bertz CT molecular complexity index is 633. The predicted octanol–water partition coefficient (Wildman–Crippen LogP) is 3.99. The fourth-order valence-corrected chi connectivity index (χ4v) is 2.12. The molecule has 0 spiro atoms. The lowest BCUT2D eigenvalue weighted by Crippen LogP contribution is -2.09. The molecule has 2 aromatic carbocycles. The van der Waals surface area contributed by atoms with Gasteiger partial charge >= 0.3 is 0 Å². The van der Waals surface area contributed by atoms with Crippen molar-refractivity contribution < 1.29 is 0 Å². The van der Waals surface area contributed by atoms with Gasteiger partial charge in [-0.2, -0.15) is 0 Å². The first kappa shape index (κ1) is 13.6. The van der Waals surface area contributed by atoms with Crippen LogP contribution < -0.4 is 11.1 Å². The van der Waals surface area contributed by atoms with E-state index >= 15 is 0 Å². The standard InChI is InChI=1S/C16H18N2S/c1-10-5-4-6-15(12(10)3)18-14-8-7-13(16(17)19)9-11(14)2/h4-9,18H,1-3H3,(H2,17,19). The van der Waals surface area contributed by atoms with Crippen molar-refractivity contribution in [2.24, 2.45) is 5.73 Å². The van der Waals surface area contributed by atoms with E-state index in [1.165, 1.54) is 11.1 Å². The molecule has 19 heavy (non-hydrogen) atoms. The lowest BCUT2D eigenvalue weighted by molar-refractivity contribution is 1.32. The number of benzene rings is 2.